The molecule has 132 valence electrons. The SMILES string of the molecule is CCOC(=O)/C=C/c1c([C@@H](C)OCC2CO2)cccc1C(F)(F)F. The van der Waals surface area contributed by atoms with Crippen molar-refractivity contribution in [1.82, 2.24) is 0 Å². The number of alkyl halides is 3. The summed E-state index contributed by atoms with van der Waals surface area (Å²) in [5, 5.41) is 0. The monoisotopic (exact) mass is 344 g/mol. The lowest BCUT2D eigenvalue weighted by Gasteiger charge is -2.19. The molecule has 0 aromatic heterocycles. The molecule has 1 aromatic rings. The highest BCUT2D eigenvalue weighted by molar-refractivity contribution is 5.87. The smallest absolute Gasteiger partial charge is 0.416 e. The molecule has 2 atom stereocenters. The zero-order valence-corrected chi connectivity index (χ0v) is 13.4. The summed E-state index contributed by atoms with van der Waals surface area (Å²) in [6.45, 7) is 4.36. The molecule has 0 N–H and O–H groups in total. The molecule has 0 aliphatic carbocycles. The van der Waals surface area contributed by atoms with E-state index in [0.717, 1.165) is 18.2 Å². The van der Waals surface area contributed by atoms with Gasteiger partial charge in [0, 0.05) is 6.08 Å². The van der Waals surface area contributed by atoms with Crippen LogP contribution in [0.5, 0.6) is 0 Å². The summed E-state index contributed by atoms with van der Waals surface area (Å²) in [6.07, 6.45) is -2.98. The van der Waals surface area contributed by atoms with Crippen LogP contribution in [0, 0.1) is 0 Å². The Morgan fingerprint density at radius 3 is 2.75 bits per heavy atom. The van der Waals surface area contributed by atoms with Crippen LogP contribution < -0.4 is 0 Å². The Labute approximate surface area is 138 Å². The third-order valence-electron chi connectivity index (χ3n) is 3.49. The fourth-order valence-electron chi connectivity index (χ4n) is 2.22. The van der Waals surface area contributed by atoms with Crippen molar-refractivity contribution in [2.45, 2.75) is 32.2 Å². The Morgan fingerprint density at radius 1 is 1.46 bits per heavy atom. The fraction of sp³-hybridized carbons (Fsp3) is 0.471. The van der Waals surface area contributed by atoms with Crippen LogP contribution in [0.15, 0.2) is 24.3 Å². The van der Waals surface area contributed by atoms with Gasteiger partial charge in [-0.15, -0.1) is 0 Å². The molecule has 0 saturated carbocycles. The van der Waals surface area contributed by atoms with Crippen LogP contribution in [0.1, 0.15) is 36.6 Å². The largest absolute Gasteiger partial charge is 0.463 e. The fourth-order valence-corrected chi connectivity index (χ4v) is 2.22. The van der Waals surface area contributed by atoms with E-state index in [0.29, 0.717) is 18.8 Å². The quantitative estimate of drug-likeness (QED) is 0.429. The lowest BCUT2D eigenvalue weighted by Crippen LogP contribution is -2.13. The minimum Gasteiger partial charge on any atom is -0.463 e. The number of rotatable bonds is 7. The highest BCUT2D eigenvalue weighted by atomic mass is 19.4. The number of benzene rings is 1. The summed E-state index contributed by atoms with van der Waals surface area (Å²) in [5.74, 6) is -0.694. The van der Waals surface area contributed by atoms with Crippen molar-refractivity contribution >= 4 is 12.0 Å². The number of hydrogen-bond acceptors (Lipinski definition) is 4. The van der Waals surface area contributed by atoms with Crippen molar-refractivity contribution < 1.29 is 32.2 Å². The average molecular weight is 344 g/mol. The standard InChI is InChI=1S/C17H19F3O4/c1-3-22-16(21)8-7-14-13(11(2)23-9-12-10-24-12)5-4-6-15(14)17(18,19)20/h4-8,11-12H,3,9-10H2,1-2H3/b8-7+/t11-,12?/m1/s1. The molecule has 0 amide bonds. The van der Waals surface area contributed by atoms with Crippen molar-refractivity contribution in [3.63, 3.8) is 0 Å². The van der Waals surface area contributed by atoms with Gasteiger partial charge in [0.15, 0.2) is 0 Å². The predicted octanol–water partition coefficient (Wildman–Crippen LogP) is 3.76. The number of epoxide rings is 1. The van der Waals surface area contributed by atoms with E-state index >= 15 is 0 Å². The van der Waals surface area contributed by atoms with E-state index in [9.17, 15) is 18.0 Å². The van der Waals surface area contributed by atoms with Gasteiger partial charge in [0.1, 0.15) is 6.10 Å². The van der Waals surface area contributed by atoms with Gasteiger partial charge in [-0.25, -0.2) is 4.79 Å². The van der Waals surface area contributed by atoms with Gasteiger partial charge < -0.3 is 14.2 Å². The summed E-state index contributed by atoms with van der Waals surface area (Å²) in [6, 6.07) is 3.86. The first-order valence-corrected chi connectivity index (χ1v) is 7.61. The molecule has 24 heavy (non-hydrogen) atoms. The van der Waals surface area contributed by atoms with Gasteiger partial charge in [0.25, 0.3) is 0 Å². The van der Waals surface area contributed by atoms with E-state index in [2.05, 4.69) is 0 Å². The Bertz CT molecular complexity index is 606. The lowest BCUT2D eigenvalue weighted by atomic mass is 9.96. The summed E-state index contributed by atoms with van der Waals surface area (Å²) >= 11 is 0. The molecule has 1 aromatic carbocycles. The Morgan fingerprint density at radius 2 is 2.17 bits per heavy atom. The third kappa shape index (κ3) is 5.07. The van der Waals surface area contributed by atoms with Crippen LogP contribution in [-0.4, -0.2) is 31.9 Å². The normalized spacial score (nSPS) is 18.6. The van der Waals surface area contributed by atoms with Gasteiger partial charge in [-0.1, -0.05) is 12.1 Å². The minimum absolute atomic E-state index is 0.0109. The predicted molar refractivity (Wildman–Crippen MR) is 81.2 cm³/mol. The maximum Gasteiger partial charge on any atom is 0.416 e. The summed E-state index contributed by atoms with van der Waals surface area (Å²) in [7, 11) is 0. The maximum absolute atomic E-state index is 13.3. The van der Waals surface area contributed by atoms with Crippen LogP contribution in [0.4, 0.5) is 13.2 Å². The summed E-state index contributed by atoms with van der Waals surface area (Å²) in [4.78, 5) is 11.4. The van der Waals surface area contributed by atoms with Crippen molar-refractivity contribution in [3.05, 3.63) is 41.0 Å². The summed E-state index contributed by atoms with van der Waals surface area (Å²) < 4.78 is 55.2. The number of carbonyl (C=O) groups excluding carboxylic acids is 1. The van der Waals surface area contributed by atoms with Crippen molar-refractivity contribution in [2.75, 3.05) is 19.8 Å². The zero-order valence-electron chi connectivity index (χ0n) is 13.4. The molecule has 0 radical (unpaired) electrons. The van der Waals surface area contributed by atoms with Gasteiger partial charge in [-0.3, -0.25) is 0 Å². The number of hydrogen-bond donors (Lipinski definition) is 0. The van der Waals surface area contributed by atoms with Gasteiger partial charge >= 0.3 is 12.1 Å². The molecule has 7 heteroatoms. The molecule has 2 rings (SSSR count). The van der Waals surface area contributed by atoms with E-state index in [1.807, 2.05) is 0 Å². The van der Waals surface area contributed by atoms with E-state index in [-0.39, 0.29) is 18.3 Å². The molecule has 1 saturated heterocycles. The topological polar surface area (TPSA) is 48.1 Å². The van der Waals surface area contributed by atoms with Crippen LogP contribution >= 0.6 is 0 Å². The van der Waals surface area contributed by atoms with Crippen molar-refractivity contribution in [1.29, 1.82) is 0 Å². The van der Waals surface area contributed by atoms with E-state index in [1.54, 1.807) is 19.9 Å². The van der Waals surface area contributed by atoms with Gasteiger partial charge in [-0.05, 0) is 37.1 Å². The second-order valence-electron chi connectivity index (χ2n) is 5.32. The molecule has 1 unspecified atom stereocenters. The van der Waals surface area contributed by atoms with Crippen LogP contribution in [0.25, 0.3) is 6.08 Å². The van der Waals surface area contributed by atoms with Crippen LogP contribution in [0.2, 0.25) is 0 Å². The minimum atomic E-state index is -4.54. The Balaban J connectivity index is 2.31. The molecular weight excluding hydrogens is 325 g/mol. The first-order chi connectivity index (χ1) is 11.3. The zero-order chi connectivity index (χ0) is 17.7. The van der Waals surface area contributed by atoms with Crippen LogP contribution in [-0.2, 0) is 25.2 Å². The van der Waals surface area contributed by atoms with Gasteiger partial charge in [-0.2, -0.15) is 13.2 Å². The third-order valence-corrected chi connectivity index (χ3v) is 3.49. The maximum atomic E-state index is 13.3. The molecule has 0 spiro atoms. The lowest BCUT2D eigenvalue weighted by molar-refractivity contribution is -0.138. The molecule has 1 aliphatic rings. The molecule has 0 bridgehead atoms. The second-order valence-corrected chi connectivity index (χ2v) is 5.32. The highest BCUT2D eigenvalue weighted by Crippen LogP contribution is 2.36. The summed E-state index contributed by atoms with van der Waals surface area (Å²) in [5.41, 5.74) is -0.563. The van der Waals surface area contributed by atoms with E-state index in [4.69, 9.17) is 14.2 Å². The van der Waals surface area contributed by atoms with Crippen molar-refractivity contribution in [2.24, 2.45) is 0 Å². The van der Waals surface area contributed by atoms with Crippen LogP contribution in [0.3, 0.4) is 0 Å². The first-order valence-electron chi connectivity index (χ1n) is 7.61. The molecule has 1 aliphatic heterocycles. The van der Waals surface area contributed by atoms with Crippen molar-refractivity contribution in [3.8, 4) is 0 Å². The number of esters is 1. The second kappa shape index (κ2) is 7.81. The molecule has 1 fully saturated rings. The molecule has 1 heterocycles. The van der Waals surface area contributed by atoms with E-state index < -0.39 is 23.8 Å². The number of carbonyl (C=O) groups is 1. The number of ether oxygens (including phenoxy) is 3. The van der Waals surface area contributed by atoms with Gasteiger partial charge in [0.05, 0.1) is 31.5 Å². The first kappa shape index (κ1) is 18.5. The van der Waals surface area contributed by atoms with E-state index in [1.165, 1.54) is 6.07 Å². The Hall–Kier alpha value is -1.86. The molecular formula is C17H19F3O4. The number of halogens is 3. The molecule has 4 nitrogen and oxygen atoms in total. The highest BCUT2D eigenvalue weighted by Gasteiger charge is 2.34. The van der Waals surface area contributed by atoms with Gasteiger partial charge in [0.2, 0.25) is 0 Å². The average Bonchev–Trinajstić information content (AvgIpc) is 3.34. The Kier molecular flexibility index (Phi) is 6.01.